The van der Waals surface area contributed by atoms with E-state index in [-0.39, 0.29) is 17.8 Å². The highest BCUT2D eigenvalue weighted by molar-refractivity contribution is 7.99. The number of carbonyl (C=O) groups is 1. The maximum atomic E-state index is 14.0. The van der Waals surface area contributed by atoms with Gasteiger partial charge in [0.2, 0.25) is 0 Å². The van der Waals surface area contributed by atoms with E-state index in [1.165, 1.54) is 29.5 Å². The SMILES string of the molecule is CCN(CC)CCc1ccc(/C=C/c2n[nH]c3cc(Sc4cc(F)ccc4C(=O)NC4CC4)ccc23)nc1. The van der Waals surface area contributed by atoms with Crippen LogP contribution in [0.3, 0.4) is 0 Å². The fourth-order valence-corrected chi connectivity index (χ4v) is 5.28. The van der Waals surface area contributed by atoms with Crippen molar-refractivity contribution >= 4 is 40.7 Å². The van der Waals surface area contributed by atoms with E-state index < -0.39 is 0 Å². The summed E-state index contributed by atoms with van der Waals surface area (Å²) < 4.78 is 14.0. The largest absolute Gasteiger partial charge is 0.349 e. The molecule has 2 aromatic heterocycles. The molecule has 0 aliphatic heterocycles. The second kappa shape index (κ2) is 11.9. The number of halogens is 1. The van der Waals surface area contributed by atoms with Crippen molar-refractivity contribution in [3.8, 4) is 0 Å². The third-order valence-corrected chi connectivity index (χ3v) is 7.81. The highest BCUT2D eigenvalue weighted by Gasteiger charge is 2.25. The van der Waals surface area contributed by atoms with Crippen LogP contribution >= 0.6 is 11.8 Å². The van der Waals surface area contributed by atoms with E-state index >= 15 is 0 Å². The summed E-state index contributed by atoms with van der Waals surface area (Å²) in [6, 6.07) is 14.6. The zero-order valence-corrected chi connectivity index (χ0v) is 22.5. The average Bonchev–Trinajstić information content (AvgIpc) is 3.65. The van der Waals surface area contributed by atoms with E-state index in [0.29, 0.717) is 10.5 Å². The molecule has 5 rings (SSSR count). The van der Waals surface area contributed by atoms with E-state index in [9.17, 15) is 9.18 Å². The quantitative estimate of drug-likeness (QED) is 0.242. The van der Waals surface area contributed by atoms with Gasteiger partial charge in [-0.05, 0) is 92.5 Å². The van der Waals surface area contributed by atoms with Gasteiger partial charge >= 0.3 is 0 Å². The van der Waals surface area contributed by atoms with Crippen LogP contribution in [-0.4, -0.2) is 51.7 Å². The average molecular weight is 530 g/mol. The van der Waals surface area contributed by atoms with E-state index in [1.54, 1.807) is 6.07 Å². The predicted octanol–water partition coefficient (Wildman–Crippen LogP) is 6.20. The lowest BCUT2D eigenvalue weighted by atomic mass is 10.1. The Labute approximate surface area is 226 Å². The van der Waals surface area contributed by atoms with E-state index in [4.69, 9.17) is 0 Å². The molecular formula is C30H32FN5OS. The summed E-state index contributed by atoms with van der Waals surface area (Å²) in [5, 5.41) is 11.5. The van der Waals surface area contributed by atoms with Crippen molar-refractivity contribution in [3.63, 3.8) is 0 Å². The normalized spacial score (nSPS) is 13.6. The van der Waals surface area contributed by atoms with Crippen LogP contribution in [0.15, 0.2) is 64.5 Å². The molecule has 0 unspecified atom stereocenters. The molecule has 38 heavy (non-hydrogen) atoms. The first-order valence-corrected chi connectivity index (χ1v) is 14.0. The number of fused-ring (bicyclic) bond motifs is 1. The number of H-pyrrole nitrogens is 1. The van der Waals surface area contributed by atoms with Crippen LogP contribution in [-0.2, 0) is 6.42 Å². The molecule has 0 spiro atoms. The van der Waals surface area contributed by atoms with Crippen LogP contribution in [0.5, 0.6) is 0 Å². The molecule has 196 valence electrons. The van der Waals surface area contributed by atoms with Crippen molar-refractivity contribution in [2.24, 2.45) is 0 Å². The number of aromatic nitrogens is 3. The van der Waals surface area contributed by atoms with E-state index in [2.05, 4.69) is 45.3 Å². The molecule has 1 fully saturated rings. The summed E-state index contributed by atoms with van der Waals surface area (Å²) in [6.45, 7) is 7.53. The lowest BCUT2D eigenvalue weighted by Crippen LogP contribution is -2.25. The fraction of sp³-hybridized carbons (Fsp3) is 0.300. The van der Waals surface area contributed by atoms with Gasteiger partial charge < -0.3 is 10.2 Å². The standard InChI is InChI=1S/C30H32FN5OS/c1-3-36(4-2)16-15-20-5-7-22(32-19-20)10-14-27-25-13-11-24(18-28(25)35-34-27)38-29-17-21(31)6-12-26(29)30(37)33-23-8-9-23/h5-7,10-14,17-19,23H,3-4,8-9,15-16H2,1-2H3,(H,33,37)(H,34,35)/b14-10+. The third kappa shape index (κ3) is 6.49. The second-order valence-electron chi connectivity index (χ2n) is 9.51. The molecular weight excluding hydrogens is 497 g/mol. The van der Waals surface area contributed by atoms with Crippen LogP contribution in [0, 0.1) is 5.82 Å². The molecule has 2 aromatic carbocycles. The zero-order chi connectivity index (χ0) is 26.5. The molecule has 2 N–H and O–H groups in total. The fourth-order valence-electron chi connectivity index (χ4n) is 4.27. The zero-order valence-electron chi connectivity index (χ0n) is 21.7. The molecule has 0 bridgehead atoms. The van der Waals surface area contributed by atoms with Gasteiger partial charge in [0.05, 0.1) is 22.5 Å². The number of pyridine rings is 1. The van der Waals surface area contributed by atoms with Gasteiger partial charge in [0.25, 0.3) is 5.91 Å². The molecule has 6 nitrogen and oxygen atoms in total. The number of likely N-dealkylation sites (N-methyl/N-ethyl adjacent to an activating group) is 1. The minimum absolute atomic E-state index is 0.157. The number of hydrogen-bond acceptors (Lipinski definition) is 5. The van der Waals surface area contributed by atoms with Crippen LogP contribution in [0.2, 0.25) is 0 Å². The highest BCUT2D eigenvalue weighted by Crippen LogP contribution is 2.34. The van der Waals surface area contributed by atoms with Crippen molar-refractivity contribution in [2.45, 2.75) is 48.9 Å². The van der Waals surface area contributed by atoms with Crippen molar-refractivity contribution in [2.75, 3.05) is 19.6 Å². The number of nitrogens with one attached hydrogen (secondary N) is 2. The number of amides is 1. The van der Waals surface area contributed by atoms with Gasteiger partial charge in [-0.2, -0.15) is 5.10 Å². The maximum Gasteiger partial charge on any atom is 0.252 e. The Morgan fingerprint density at radius 3 is 2.71 bits per heavy atom. The number of aromatic amines is 1. The van der Waals surface area contributed by atoms with Crippen LogP contribution < -0.4 is 5.32 Å². The number of hydrogen-bond donors (Lipinski definition) is 2. The molecule has 1 amide bonds. The van der Waals surface area contributed by atoms with E-state index in [1.807, 2.05) is 42.6 Å². The van der Waals surface area contributed by atoms with Gasteiger partial charge in [0, 0.05) is 34.0 Å². The Bertz CT molecular complexity index is 1440. The molecule has 8 heteroatoms. The predicted molar refractivity (Wildman–Crippen MR) is 152 cm³/mol. The molecule has 1 aliphatic carbocycles. The lowest BCUT2D eigenvalue weighted by Gasteiger charge is -2.17. The van der Waals surface area contributed by atoms with E-state index in [0.717, 1.165) is 66.1 Å². The summed E-state index contributed by atoms with van der Waals surface area (Å²) in [5.74, 6) is -0.522. The molecule has 0 radical (unpaired) electrons. The molecule has 0 atom stereocenters. The minimum Gasteiger partial charge on any atom is -0.349 e. The molecule has 2 heterocycles. The van der Waals surface area contributed by atoms with Crippen molar-refractivity contribution in [3.05, 3.63) is 83.1 Å². The monoisotopic (exact) mass is 529 g/mol. The van der Waals surface area contributed by atoms with Crippen molar-refractivity contribution in [1.82, 2.24) is 25.4 Å². The molecule has 4 aromatic rings. The summed E-state index contributed by atoms with van der Waals surface area (Å²) in [4.78, 5) is 21.1. The Morgan fingerprint density at radius 1 is 1.13 bits per heavy atom. The van der Waals surface area contributed by atoms with Gasteiger partial charge in [-0.3, -0.25) is 14.9 Å². The number of rotatable bonds is 11. The minimum atomic E-state index is -0.365. The molecule has 1 saturated carbocycles. The number of carbonyl (C=O) groups excluding carboxylic acids is 1. The summed E-state index contributed by atoms with van der Waals surface area (Å²) in [5.41, 5.74) is 4.29. The maximum absolute atomic E-state index is 14.0. The Hall–Kier alpha value is -3.49. The molecule has 1 aliphatic rings. The summed E-state index contributed by atoms with van der Waals surface area (Å²) in [6.07, 6.45) is 8.86. The first-order valence-electron chi connectivity index (χ1n) is 13.1. The van der Waals surface area contributed by atoms with Crippen LogP contribution in [0.25, 0.3) is 23.1 Å². The van der Waals surface area contributed by atoms with Gasteiger partial charge in [0.15, 0.2) is 0 Å². The smallest absolute Gasteiger partial charge is 0.252 e. The highest BCUT2D eigenvalue weighted by atomic mass is 32.2. The Balaban J connectivity index is 1.27. The van der Waals surface area contributed by atoms with Crippen molar-refractivity contribution in [1.29, 1.82) is 0 Å². The van der Waals surface area contributed by atoms with Gasteiger partial charge in [-0.1, -0.05) is 31.7 Å². The first-order chi connectivity index (χ1) is 18.5. The third-order valence-electron chi connectivity index (χ3n) is 6.76. The van der Waals surface area contributed by atoms with Crippen LogP contribution in [0.4, 0.5) is 4.39 Å². The number of nitrogens with zero attached hydrogens (tertiary/aromatic N) is 3. The summed E-state index contributed by atoms with van der Waals surface area (Å²) >= 11 is 1.37. The lowest BCUT2D eigenvalue weighted by molar-refractivity contribution is 0.0948. The topological polar surface area (TPSA) is 73.9 Å². The Kier molecular flexibility index (Phi) is 8.20. The van der Waals surface area contributed by atoms with Gasteiger partial charge in [0.1, 0.15) is 5.82 Å². The van der Waals surface area contributed by atoms with Crippen LogP contribution in [0.1, 0.15) is 54.0 Å². The first kappa shape index (κ1) is 26.1. The van der Waals surface area contributed by atoms with Gasteiger partial charge in [-0.25, -0.2) is 4.39 Å². The van der Waals surface area contributed by atoms with Gasteiger partial charge in [-0.15, -0.1) is 0 Å². The summed E-state index contributed by atoms with van der Waals surface area (Å²) in [7, 11) is 0. The number of benzene rings is 2. The Morgan fingerprint density at radius 2 is 1.97 bits per heavy atom. The second-order valence-corrected chi connectivity index (χ2v) is 10.6. The molecule has 0 saturated heterocycles. The van der Waals surface area contributed by atoms with Crippen molar-refractivity contribution < 1.29 is 9.18 Å².